The summed E-state index contributed by atoms with van der Waals surface area (Å²) in [6.45, 7) is 7.53. The van der Waals surface area contributed by atoms with E-state index in [0.717, 1.165) is 27.1 Å². The molecule has 6 nitrogen and oxygen atoms in total. The second-order valence-electron chi connectivity index (χ2n) is 5.55. The van der Waals surface area contributed by atoms with Gasteiger partial charge in [-0.1, -0.05) is 0 Å². The maximum Gasteiger partial charge on any atom is 0.228 e. The molecule has 2 aromatic rings. The normalized spacial score (nSPS) is 18.7. The van der Waals surface area contributed by atoms with E-state index in [-0.39, 0.29) is 11.9 Å². The highest BCUT2D eigenvalue weighted by atomic mass is 32.1. The summed E-state index contributed by atoms with van der Waals surface area (Å²) < 4.78 is 5.54. The van der Waals surface area contributed by atoms with Crippen LogP contribution < -0.4 is 0 Å². The van der Waals surface area contributed by atoms with Gasteiger partial charge in [-0.15, -0.1) is 11.3 Å². The third-order valence-corrected chi connectivity index (χ3v) is 4.87. The van der Waals surface area contributed by atoms with Crippen LogP contribution in [0.2, 0.25) is 0 Å². The summed E-state index contributed by atoms with van der Waals surface area (Å²) in [6.07, 6.45) is 2.18. The predicted octanol–water partition coefficient (Wildman–Crippen LogP) is 1.93. The number of ether oxygens (including phenoxy) is 1. The van der Waals surface area contributed by atoms with Crippen LogP contribution in [0.15, 0.2) is 6.20 Å². The molecule has 7 heteroatoms. The first-order valence-corrected chi connectivity index (χ1v) is 8.18. The van der Waals surface area contributed by atoms with Crippen molar-refractivity contribution in [1.29, 1.82) is 0 Å². The van der Waals surface area contributed by atoms with Crippen LogP contribution in [0.1, 0.15) is 33.1 Å². The smallest absolute Gasteiger partial charge is 0.228 e. The summed E-state index contributed by atoms with van der Waals surface area (Å²) in [5, 5.41) is 1.00. The Labute approximate surface area is 133 Å². The number of hydrogen-bond acceptors (Lipinski definition) is 5. The number of thiazole rings is 1. The lowest BCUT2D eigenvalue weighted by Gasteiger charge is -2.34. The van der Waals surface area contributed by atoms with Gasteiger partial charge in [-0.05, 0) is 20.8 Å². The van der Waals surface area contributed by atoms with Crippen LogP contribution in [0.3, 0.4) is 0 Å². The molecule has 1 N–H and O–H groups in total. The molecule has 0 aliphatic carbocycles. The number of aromatic nitrogens is 3. The van der Waals surface area contributed by atoms with Crippen molar-refractivity contribution in [2.45, 2.75) is 33.2 Å². The van der Waals surface area contributed by atoms with Gasteiger partial charge in [-0.3, -0.25) is 4.79 Å². The standard InChI is InChI=1S/C15H20N4O2S/c1-9-7-16-15(17-9)12-8-21-5-4-19(12)14(20)6-13-10(2)18-11(3)22-13/h7,12H,4-6,8H2,1-3H3,(H,16,17)/t12-/m1/s1. The van der Waals surface area contributed by atoms with Crippen molar-refractivity contribution in [3.05, 3.63) is 33.3 Å². The van der Waals surface area contributed by atoms with Crippen LogP contribution in [0.4, 0.5) is 0 Å². The maximum absolute atomic E-state index is 12.7. The molecule has 1 fully saturated rings. The van der Waals surface area contributed by atoms with Gasteiger partial charge in [0, 0.05) is 23.3 Å². The summed E-state index contributed by atoms with van der Waals surface area (Å²) in [6, 6.07) is -0.135. The fourth-order valence-corrected chi connectivity index (χ4v) is 3.64. The number of aromatic amines is 1. The third-order valence-electron chi connectivity index (χ3n) is 3.80. The Hall–Kier alpha value is -1.73. The Morgan fingerprint density at radius 1 is 1.50 bits per heavy atom. The molecule has 22 heavy (non-hydrogen) atoms. The van der Waals surface area contributed by atoms with Gasteiger partial charge >= 0.3 is 0 Å². The fraction of sp³-hybridized carbons (Fsp3) is 0.533. The van der Waals surface area contributed by atoms with Gasteiger partial charge < -0.3 is 14.6 Å². The largest absolute Gasteiger partial charge is 0.377 e. The number of imidazole rings is 1. The van der Waals surface area contributed by atoms with Gasteiger partial charge in [0.25, 0.3) is 0 Å². The molecule has 118 valence electrons. The minimum absolute atomic E-state index is 0.106. The molecular weight excluding hydrogens is 300 g/mol. The van der Waals surface area contributed by atoms with Crippen molar-refractivity contribution >= 4 is 17.2 Å². The van der Waals surface area contributed by atoms with Crippen molar-refractivity contribution < 1.29 is 9.53 Å². The average molecular weight is 320 g/mol. The van der Waals surface area contributed by atoms with Gasteiger partial charge in [0.05, 0.1) is 30.3 Å². The Balaban J connectivity index is 1.78. The average Bonchev–Trinajstić information content (AvgIpc) is 3.05. The molecule has 0 bridgehead atoms. The summed E-state index contributed by atoms with van der Waals surface area (Å²) in [5.74, 6) is 0.900. The zero-order chi connectivity index (χ0) is 15.7. The number of H-pyrrole nitrogens is 1. The van der Waals surface area contributed by atoms with Gasteiger partial charge in [0.2, 0.25) is 5.91 Å². The Morgan fingerprint density at radius 3 is 2.95 bits per heavy atom. The molecule has 1 aliphatic rings. The van der Waals surface area contributed by atoms with E-state index in [1.807, 2.05) is 25.7 Å². The van der Waals surface area contributed by atoms with E-state index in [9.17, 15) is 4.79 Å². The minimum Gasteiger partial charge on any atom is -0.377 e. The molecule has 1 saturated heterocycles. The Morgan fingerprint density at radius 2 is 2.32 bits per heavy atom. The van der Waals surface area contributed by atoms with Crippen LogP contribution in [0.25, 0.3) is 0 Å². The van der Waals surface area contributed by atoms with Crippen LogP contribution in [-0.2, 0) is 16.0 Å². The topological polar surface area (TPSA) is 71.1 Å². The highest BCUT2D eigenvalue weighted by Gasteiger charge is 2.31. The zero-order valence-electron chi connectivity index (χ0n) is 13.0. The number of aryl methyl sites for hydroxylation is 3. The van der Waals surface area contributed by atoms with E-state index in [1.54, 1.807) is 17.5 Å². The number of nitrogens with one attached hydrogen (secondary N) is 1. The SMILES string of the molecule is Cc1cnc([C@H]2COCCN2C(=O)Cc2sc(C)nc2C)[nH]1. The quantitative estimate of drug-likeness (QED) is 0.938. The molecular formula is C15H20N4O2S. The molecule has 3 rings (SSSR count). The second-order valence-corrected chi connectivity index (χ2v) is 6.84. The molecule has 2 aromatic heterocycles. The fourth-order valence-electron chi connectivity index (χ4n) is 2.71. The van der Waals surface area contributed by atoms with Crippen molar-refractivity contribution in [1.82, 2.24) is 19.9 Å². The summed E-state index contributed by atoms with van der Waals surface area (Å²) >= 11 is 1.59. The molecule has 0 radical (unpaired) electrons. The number of carbonyl (C=O) groups excluding carboxylic acids is 1. The first-order chi connectivity index (χ1) is 10.5. The molecule has 0 unspecified atom stereocenters. The van der Waals surface area contributed by atoms with E-state index in [4.69, 9.17) is 4.74 Å². The molecule has 1 amide bonds. The summed E-state index contributed by atoms with van der Waals surface area (Å²) in [4.78, 5) is 27.6. The van der Waals surface area contributed by atoms with Gasteiger partial charge in [0.15, 0.2) is 0 Å². The third kappa shape index (κ3) is 3.05. The lowest BCUT2D eigenvalue weighted by molar-refractivity contribution is -0.139. The highest BCUT2D eigenvalue weighted by Crippen LogP contribution is 2.25. The molecule has 1 atom stereocenters. The van der Waals surface area contributed by atoms with E-state index in [0.29, 0.717) is 26.2 Å². The molecule has 0 spiro atoms. The number of hydrogen-bond donors (Lipinski definition) is 1. The predicted molar refractivity (Wildman–Crippen MR) is 83.9 cm³/mol. The van der Waals surface area contributed by atoms with Gasteiger partial charge in [-0.2, -0.15) is 0 Å². The number of rotatable bonds is 3. The second kappa shape index (κ2) is 6.18. The van der Waals surface area contributed by atoms with Crippen molar-refractivity contribution in [2.75, 3.05) is 19.8 Å². The first-order valence-electron chi connectivity index (χ1n) is 7.36. The van der Waals surface area contributed by atoms with Crippen LogP contribution in [0.5, 0.6) is 0 Å². The van der Waals surface area contributed by atoms with E-state index in [1.165, 1.54) is 0 Å². The molecule has 0 saturated carbocycles. The maximum atomic E-state index is 12.7. The van der Waals surface area contributed by atoms with E-state index >= 15 is 0 Å². The lowest BCUT2D eigenvalue weighted by Crippen LogP contribution is -2.44. The zero-order valence-corrected chi connectivity index (χ0v) is 13.9. The summed E-state index contributed by atoms with van der Waals surface area (Å²) in [7, 11) is 0. The number of morpholine rings is 1. The first kappa shape index (κ1) is 15.2. The van der Waals surface area contributed by atoms with E-state index < -0.39 is 0 Å². The Bertz CT molecular complexity index is 679. The highest BCUT2D eigenvalue weighted by molar-refractivity contribution is 7.11. The van der Waals surface area contributed by atoms with E-state index in [2.05, 4.69) is 15.0 Å². The van der Waals surface area contributed by atoms with Gasteiger partial charge in [0.1, 0.15) is 11.9 Å². The van der Waals surface area contributed by atoms with Crippen LogP contribution in [-0.4, -0.2) is 45.5 Å². The van der Waals surface area contributed by atoms with Crippen LogP contribution in [0, 0.1) is 20.8 Å². The minimum atomic E-state index is -0.135. The van der Waals surface area contributed by atoms with Crippen molar-refractivity contribution in [2.24, 2.45) is 0 Å². The molecule has 1 aliphatic heterocycles. The van der Waals surface area contributed by atoms with Crippen molar-refractivity contribution in [3.63, 3.8) is 0 Å². The monoisotopic (exact) mass is 320 g/mol. The summed E-state index contributed by atoms with van der Waals surface area (Å²) in [5.41, 5.74) is 1.94. The lowest BCUT2D eigenvalue weighted by atomic mass is 10.2. The van der Waals surface area contributed by atoms with Crippen LogP contribution >= 0.6 is 11.3 Å². The van der Waals surface area contributed by atoms with Gasteiger partial charge in [-0.25, -0.2) is 9.97 Å². The number of amides is 1. The number of carbonyl (C=O) groups is 1. The number of nitrogens with zero attached hydrogens (tertiary/aromatic N) is 3. The van der Waals surface area contributed by atoms with Crippen molar-refractivity contribution in [3.8, 4) is 0 Å². The Kier molecular flexibility index (Phi) is 4.26. The molecule has 3 heterocycles. The molecule has 0 aromatic carbocycles.